The van der Waals surface area contributed by atoms with Crippen molar-refractivity contribution in [2.45, 2.75) is 13.0 Å². The molecular formula is C15H14BrN5. The molecule has 1 heterocycles. The Kier molecular flexibility index (Phi) is 3.96. The number of hydrogen-bond acceptors (Lipinski definition) is 4. The predicted octanol–water partition coefficient (Wildman–Crippen LogP) is 3.80. The molecule has 0 amide bonds. The average molecular weight is 344 g/mol. The van der Waals surface area contributed by atoms with Crippen molar-refractivity contribution in [3.05, 3.63) is 58.6 Å². The summed E-state index contributed by atoms with van der Waals surface area (Å²) in [6.07, 6.45) is 0. The second-order valence-electron chi connectivity index (χ2n) is 4.74. The van der Waals surface area contributed by atoms with Crippen molar-refractivity contribution in [2.75, 3.05) is 5.32 Å². The van der Waals surface area contributed by atoms with Gasteiger partial charge in [0.1, 0.15) is 0 Å². The highest BCUT2D eigenvalue weighted by molar-refractivity contribution is 9.10. The van der Waals surface area contributed by atoms with Gasteiger partial charge in [0.05, 0.1) is 0 Å². The summed E-state index contributed by atoms with van der Waals surface area (Å²) >= 11 is 3.50. The Bertz CT molecular complexity index is 726. The molecule has 6 heteroatoms. The number of hydrogen-bond donors (Lipinski definition) is 2. The van der Waals surface area contributed by atoms with Crippen LogP contribution in [0.3, 0.4) is 0 Å². The summed E-state index contributed by atoms with van der Waals surface area (Å²) in [6.45, 7) is 2.13. The van der Waals surface area contributed by atoms with Gasteiger partial charge >= 0.3 is 0 Å². The Balaban J connectivity index is 1.80. The Morgan fingerprint density at radius 1 is 1.14 bits per heavy atom. The molecule has 1 atom stereocenters. The number of nitrogens with one attached hydrogen (secondary N) is 2. The SMILES string of the molecule is CC(Nc1cccc(-c2nn[nH]n2)c1)c1cccc(Br)c1. The van der Waals surface area contributed by atoms with Crippen LogP contribution in [0, 0.1) is 0 Å². The number of H-pyrrole nitrogens is 1. The first-order valence-corrected chi connectivity index (χ1v) is 7.37. The molecule has 0 spiro atoms. The Morgan fingerprint density at radius 2 is 2.00 bits per heavy atom. The van der Waals surface area contributed by atoms with Gasteiger partial charge in [-0.2, -0.15) is 5.21 Å². The highest BCUT2D eigenvalue weighted by atomic mass is 79.9. The molecule has 0 aliphatic rings. The minimum atomic E-state index is 0.197. The molecule has 0 saturated heterocycles. The van der Waals surface area contributed by atoms with Crippen LogP contribution in [0.2, 0.25) is 0 Å². The minimum Gasteiger partial charge on any atom is -0.379 e. The van der Waals surface area contributed by atoms with Gasteiger partial charge in [-0.25, -0.2) is 0 Å². The van der Waals surface area contributed by atoms with Crippen LogP contribution >= 0.6 is 15.9 Å². The number of halogens is 1. The zero-order valence-corrected chi connectivity index (χ0v) is 13.0. The van der Waals surface area contributed by atoms with E-state index in [4.69, 9.17) is 0 Å². The lowest BCUT2D eigenvalue weighted by molar-refractivity contribution is 0.881. The zero-order valence-electron chi connectivity index (χ0n) is 11.4. The van der Waals surface area contributed by atoms with E-state index in [2.05, 4.69) is 60.9 Å². The van der Waals surface area contributed by atoms with Crippen molar-refractivity contribution in [1.82, 2.24) is 20.6 Å². The molecule has 0 aliphatic carbocycles. The molecule has 21 heavy (non-hydrogen) atoms. The second-order valence-corrected chi connectivity index (χ2v) is 5.65. The lowest BCUT2D eigenvalue weighted by Gasteiger charge is -2.16. The van der Waals surface area contributed by atoms with E-state index in [9.17, 15) is 0 Å². The molecule has 2 N–H and O–H groups in total. The van der Waals surface area contributed by atoms with Gasteiger partial charge in [0.25, 0.3) is 0 Å². The summed E-state index contributed by atoms with van der Waals surface area (Å²) in [6, 6.07) is 16.4. The maximum atomic E-state index is 4.00. The largest absolute Gasteiger partial charge is 0.379 e. The average Bonchev–Trinajstić information content (AvgIpc) is 3.02. The van der Waals surface area contributed by atoms with E-state index in [-0.39, 0.29) is 6.04 Å². The van der Waals surface area contributed by atoms with Crippen LogP contribution in [0.5, 0.6) is 0 Å². The number of nitrogens with zero attached hydrogens (tertiary/aromatic N) is 3. The molecule has 0 aliphatic heterocycles. The van der Waals surface area contributed by atoms with Gasteiger partial charge in [-0.1, -0.05) is 40.2 Å². The fraction of sp³-hybridized carbons (Fsp3) is 0.133. The summed E-state index contributed by atoms with van der Waals surface area (Å²) in [5.41, 5.74) is 3.16. The number of tetrazole rings is 1. The van der Waals surface area contributed by atoms with Crippen molar-refractivity contribution in [2.24, 2.45) is 0 Å². The Labute approximate surface area is 130 Å². The molecule has 3 aromatic rings. The van der Waals surface area contributed by atoms with Gasteiger partial charge in [-0.05, 0) is 42.0 Å². The van der Waals surface area contributed by atoms with Crippen molar-refractivity contribution in [3.63, 3.8) is 0 Å². The van der Waals surface area contributed by atoms with E-state index in [1.807, 2.05) is 36.4 Å². The van der Waals surface area contributed by atoms with Gasteiger partial charge in [0.2, 0.25) is 5.82 Å². The number of aromatic nitrogens is 4. The molecule has 106 valence electrons. The topological polar surface area (TPSA) is 66.5 Å². The zero-order chi connectivity index (χ0) is 14.7. The van der Waals surface area contributed by atoms with Gasteiger partial charge in [0, 0.05) is 21.8 Å². The first-order valence-electron chi connectivity index (χ1n) is 6.58. The Morgan fingerprint density at radius 3 is 2.76 bits per heavy atom. The summed E-state index contributed by atoms with van der Waals surface area (Å²) in [5.74, 6) is 0.591. The quantitative estimate of drug-likeness (QED) is 0.755. The molecule has 2 aromatic carbocycles. The summed E-state index contributed by atoms with van der Waals surface area (Å²) in [4.78, 5) is 0. The summed E-state index contributed by atoms with van der Waals surface area (Å²) in [5, 5.41) is 17.5. The highest BCUT2D eigenvalue weighted by Gasteiger charge is 2.08. The molecule has 1 unspecified atom stereocenters. The van der Waals surface area contributed by atoms with Crippen molar-refractivity contribution in [3.8, 4) is 11.4 Å². The molecule has 0 bridgehead atoms. The van der Waals surface area contributed by atoms with Crippen LogP contribution in [0.25, 0.3) is 11.4 Å². The maximum absolute atomic E-state index is 4.00. The van der Waals surface area contributed by atoms with E-state index in [0.29, 0.717) is 5.82 Å². The standard InChI is InChI=1S/C15H14BrN5/c1-10(11-4-2-6-13(16)8-11)17-14-7-3-5-12(9-14)15-18-20-21-19-15/h2-10,17H,1H3,(H,18,19,20,21). The summed E-state index contributed by atoms with van der Waals surface area (Å²) in [7, 11) is 0. The molecule has 3 rings (SSSR count). The first kappa shape index (κ1) is 13.8. The fourth-order valence-corrected chi connectivity index (χ4v) is 2.56. The molecule has 1 aromatic heterocycles. The van der Waals surface area contributed by atoms with E-state index in [1.165, 1.54) is 5.56 Å². The lowest BCUT2D eigenvalue weighted by Crippen LogP contribution is -2.06. The van der Waals surface area contributed by atoms with Crippen LogP contribution < -0.4 is 5.32 Å². The lowest BCUT2D eigenvalue weighted by atomic mass is 10.1. The normalized spacial score (nSPS) is 12.1. The highest BCUT2D eigenvalue weighted by Crippen LogP contribution is 2.24. The minimum absolute atomic E-state index is 0.197. The van der Waals surface area contributed by atoms with Crippen LogP contribution in [0.15, 0.2) is 53.0 Å². The van der Waals surface area contributed by atoms with Gasteiger partial charge in [-0.3, -0.25) is 0 Å². The number of benzene rings is 2. The second kappa shape index (κ2) is 6.05. The third-order valence-electron chi connectivity index (χ3n) is 3.20. The molecule has 5 nitrogen and oxygen atoms in total. The van der Waals surface area contributed by atoms with Crippen LogP contribution in [0.4, 0.5) is 5.69 Å². The first-order chi connectivity index (χ1) is 10.2. The third-order valence-corrected chi connectivity index (χ3v) is 3.69. The van der Waals surface area contributed by atoms with Crippen molar-refractivity contribution in [1.29, 1.82) is 0 Å². The van der Waals surface area contributed by atoms with Crippen LogP contribution in [0.1, 0.15) is 18.5 Å². The third kappa shape index (κ3) is 3.28. The summed E-state index contributed by atoms with van der Waals surface area (Å²) < 4.78 is 1.08. The number of aromatic amines is 1. The van der Waals surface area contributed by atoms with E-state index in [0.717, 1.165) is 15.7 Å². The molecule has 0 radical (unpaired) electrons. The predicted molar refractivity (Wildman–Crippen MR) is 85.8 cm³/mol. The number of anilines is 1. The molecule has 0 fully saturated rings. The number of rotatable bonds is 4. The fourth-order valence-electron chi connectivity index (χ4n) is 2.14. The van der Waals surface area contributed by atoms with Crippen molar-refractivity contribution >= 4 is 21.6 Å². The van der Waals surface area contributed by atoms with Crippen LogP contribution in [-0.4, -0.2) is 20.6 Å². The van der Waals surface area contributed by atoms with E-state index in [1.54, 1.807) is 0 Å². The maximum Gasteiger partial charge on any atom is 0.204 e. The molecular weight excluding hydrogens is 330 g/mol. The molecule has 0 saturated carbocycles. The van der Waals surface area contributed by atoms with E-state index < -0.39 is 0 Å². The smallest absolute Gasteiger partial charge is 0.204 e. The van der Waals surface area contributed by atoms with Gasteiger partial charge in [0.15, 0.2) is 0 Å². The van der Waals surface area contributed by atoms with Crippen molar-refractivity contribution < 1.29 is 0 Å². The Hall–Kier alpha value is -2.21. The monoisotopic (exact) mass is 343 g/mol. The van der Waals surface area contributed by atoms with Crippen LogP contribution in [-0.2, 0) is 0 Å². The van der Waals surface area contributed by atoms with E-state index >= 15 is 0 Å². The van der Waals surface area contributed by atoms with Gasteiger partial charge < -0.3 is 5.32 Å². The van der Waals surface area contributed by atoms with Gasteiger partial charge in [-0.15, -0.1) is 10.2 Å².